The Labute approximate surface area is 118 Å². The first-order chi connectivity index (χ1) is 9.26. The molecule has 0 radical (unpaired) electrons. The Balaban J connectivity index is 1.63. The van der Waals surface area contributed by atoms with Crippen molar-refractivity contribution in [3.8, 4) is 5.75 Å². The fraction of sp³-hybridized carbons (Fsp3) is 0.643. The van der Waals surface area contributed by atoms with E-state index in [9.17, 15) is 0 Å². The van der Waals surface area contributed by atoms with Gasteiger partial charge in [-0.15, -0.1) is 0 Å². The predicted octanol–water partition coefficient (Wildman–Crippen LogP) is 2.84. The molecule has 3 heterocycles. The number of halogens is 1. The van der Waals surface area contributed by atoms with Gasteiger partial charge < -0.3 is 14.2 Å². The van der Waals surface area contributed by atoms with Gasteiger partial charge in [0.1, 0.15) is 17.0 Å². The van der Waals surface area contributed by atoms with E-state index in [0.717, 1.165) is 51.3 Å². The first-order valence-corrected chi connectivity index (χ1v) is 7.14. The summed E-state index contributed by atoms with van der Waals surface area (Å²) in [6.45, 7) is 2.33. The molecule has 2 aliphatic rings. The molecule has 0 saturated carbocycles. The molecule has 1 aromatic heterocycles. The van der Waals surface area contributed by atoms with Crippen molar-refractivity contribution in [3.05, 3.63) is 23.5 Å². The number of hydrogen-bond acceptors (Lipinski definition) is 4. The number of hydrogen-bond donors (Lipinski definition) is 0. The topological polar surface area (TPSA) is 40.6 Å². The van der Waals surface area contributed by atoms with Crippen molar-refractivity contribution in [1.29, 1.82) is 0 Å². The Morgan fingerprint density at radius 1 is 1.26 bits per heavy atom. The number of aromatic nitrogens is 1. The van der Waals surface area contributed by atoms with Crippen molar-refractivity contribution in [2.45, 2.75) is 37.4 Å². The van der Waals surface area contributed by atoms with E-state index in [1.165, 1.54) is 0 Å². The molecule has 0 aliphatic carbocycles. The molecular weight excluding hydrogens is 266 g/mol. The molecule has 0 amide bonds. The van der Waals surface area contributed by atoms with E-state index in [2.05, 4.69) is 4.98 Å². The molecule has 1 atom stereocenters. The maximum absolute atomic E-state index is 6.00. The molecule has 19 heavy (non-hydrogen) atoms. The van der Waals surface area contributed by atoms with Crippen LogP contribution in [0.5, 0.6) is 5.75 Å². The van der Waals surface area contributed by atoms with Gasteiger partial charge in [-0.2, -0.15) is 0 Å². The van der Waals surface area contributed by atoms with Crippen LogP contribution in [-0.2, 0) is 9.47 Å². The van der Waals surface area contributed by atoms with Crippen LogP contribution in [0.1, 0.15) is 25.7 Å². The minimum Gasteiger partial charge on any atom is -0.489 e. The van der Waals surface area contributed by atoms with Gasteiger partial charge in [0.05, 0.1) is 18.4 Å². The first kappa shape index (κ1) is 13.2. The van der Waals surface area contributed by atoms with Gasteiger partial charge in [-0.1, -0.05) is 11.6 Å². The smallest absolute Gasteiger partial charge is 0.138 e. The third-order valence-corrected chi connectivity index (χ3v) is 4.08. The molecule has 2 saturated heterocycles. The second kappa shape index (κ2) is 5.65. The lowest BCUT2D eigenvalue weighted by Crippen LogP contribution is -2.47. The summed E-state index contributed by atoms with van der Waals surface area (Å²) in [5, 5.41) is 0.486. The first-order valence-electron chi connectivity index (χ1n) is 6.76. The highest BCUT2D eigenvalue weighted by molar-refractivity contribution is 6.29. The minimum absolute atomic E-state index is 0.0407. The molecule has 0 aromatic carbocycles. The van der Waals surface area contributed by atoms with Crippen molar-refractivity contribution >= 4 is 11.6 Å². The summed E-state index contributed by atoms with van der Waals surface area (Å²) in [5.74, 6) is 0.776. The van der Waals surface area contributed by atoms with Crippen LogP contribution < -0.4 is 4.74 Å². The Hall–Kier alpha value is -0.840. The van der Waals surface area contributed by atoms with Crippen LogP contribution in [0.15, 0.2) is 18.3 Å². The van der Waals surface area contributed by atoms with Gasteiger partial charge in [0.25, 0.3) is 0 Å². The maximum atomic E-state index is 6.00. The van der Waals surface area contributed by atoms with E-state index < -0.39 is 0 Å². The van der Waals surface area contributed by atoms with Crippen molar-refractivity contribution in [3.63, 3.8) is 0 Å². The van der Waals surface area contributed by atoms with Crippen LogP contribution >= 0.6 is 11.6 Å². The number of rotatable bonds is 2. The van der Waals surface area contributed by atoms with Crippen molar-refractivity contribution in [2.75, 3.05) is 19.8 Å². The van der Waals surface area contributed by atoms with E-state index in [-0.39, 0.29) is 11.7 Å². The summed E-state index contributed by atoms with van der Waals surface area (Å²) >= 11 is 5.77. The normalized spacial score (nSPS) is 26.3. The van der Waals surface area contributed by atoms with Gasteiger partial charge in [0.15, 0.2) is 0 Å². The fourth-order valence-electron chi connectivity index (χ4n) is 2.80. The zero-order chi connectivity index (χ0) is 13.1. The van der Waals surface area contributed by atoms with Crippen LogP contribution in [-0.4, -0.2) is 36.5 Å². The van der Waals surface area contributed by atoms with E-state index in [4.69, 9.17) is 25.8 Å². The second-order valence-corrected chi connectivity index (χ2v) is 5.58. The minimum atomic E-state index is -0.0407. The lowest BCUT2D eigenvalue weighted by molar-refractivity contribution is -0.155. The molecule has 104 valence electrons. The molecular formula is C14H18ClNO3. The summed E-state index contributed by atoms with van der Waals surface area (Å²) < 4.78 is 17.4. The van der Waals surface area contributed by atoms with Gasteiger partial charge in [-0.05, 0) is 25.0 Å². The SMILES string of the molecule is Clc1ccc(OC2CCOC3(CCOCC3)C2)cn1. The van der Waals surface area contributed by atoms with E-state index >= 15 is 0 Å². The van der Waals surface area contributed by atoms with Gasteiger partial charge in [0, 0.05) is 26.1 Å². The number of nitrogens with zero attached hydrogens (tertiary/aromatic N) is 1. The summed E-state index contributed by atoms with van der Waals surface area (Å²) in [5.41, 5.74) is -0.0407. The number of pyridine rings is 1. The van der Waals surface area contributed by atoms with Crippen molar-refractivity contribution in [1.82, 2.24) is 4.98 Å². The van der Waals surface area contributed by atoms with Crippen molar-refractivity contribution in [2.24, 2.45) is 0 Å². The average Bonchev–Trinajstić information content (AvgIpc) is 2.42. The summed E-state index contributed by atoms with van der Waals surface area (Å²) in [6, 6.07) is 3.61. The third kappa shape index (κ3) is 3.19. The van der Waals surface area contributed by atoms with E-state index in [1.54, 1.807) is 12.3 Å². The summed E-state index contributed by atoms with van der Waals surface area (Å²) in [6.07, 6.45) is 5.64. The zero-order valence-electron chi connectivity index (χ0n) is 10.8. The predicted molar refractivity (Wildman–Crippen MR) is 71.6 cm³/mol. The monoisotopic (exact) mass is 283 g/mol. The van der Waals surface area contributed by atoms with Crippen LogP contribution in [0.4, 0.5) is 0 Å². The molecule has 0 N–H and O–H groups in total. The lowest BCUT2D eigenvalue weighted by Gasteiger charge is -2.43. The fourth-order valence-corrected chi connectivity index (χ4v) is 2.91. The second-order valence-electron chi connectivity index (χ2n) is 5.19. The molecule has 0 bridgehead atoms. The molecule has 1 aromatic rings. The quantitative estimate of drug-likeness (QED) is 0.783. The van der Waals surface area contributed by atoms with E-state index in [0.29, 0.717) is 5.15 Å². The number of ether oxygens (including phenoxy) is 3. The Kier molecular flexibility index (Phi) is 3.91. The standard InChI is InChI=1S/C14H18ClNO3/c15-13-2-1-12(10-16-13)19-11-3-6-18-14(9-11)4-7-17-8-5-14/h1-2,10-11H,3-9H2. The molecule has 3 rings (SSSR count). The molecule has 5 heteroatoms. The van der Waals surface area contributed by atoms with Gasteiger partial charge in [-0.3, -0.25) is 0 Å². The van der Waals surface area contributed by atoms with Gasteiger partial charge in [0.2, 0.25) is 0 Å². The average molecular weight is 284 g/mol. The zero-order valence-corrected chi connectivity index (χ0v) is 11.6. The highest BCUT2D eigenvalue weighted by Gasteiger charge is 2.39. The maximum Gasteiger partial charge on any atom is 0.138 e. The highest BCUT2D eigenvalue weighted by Crippen LogP contribution is 2.35. The van der Waals surface area contributed by atoms with Crippen LogP contribution in [0.25, 0.3) is 0 Å². The molecule has 1 unspecified atom stereocenters. The van der Waals surface area contributed by atoms with Crippen LogP contribution in [0.3, 0.4) is 0 Å². The van der Waals surface area contributed by atoms with Crippen LogP contribution in [0, 0.1) is 0 Å². The van der Waals surface area contributed by atoms with Crippen molar-refractivity contribution < 1.29 is 14.2 Å². The highest BCUT2D eigenvalue weighted by atomic mass is 35.5. The largest absolute Gasteiger partial charge is 0.489 e. The Morgan fingerprint density at radius 3 is 2.84 bits per heavy atom. The van der Waals surface area contributed by atoms with E-state index in [1.807, 2.05) is 6.07 Å². The molecule has 2 fully saturated rings. The Bertz CT molecular complexity index is 412. The van der Waals surface area contributed by atoms with Gasteiger partial charge in [-0.25, -0.2) is 4.98 Å². The molecule has 4 nitrogen and oxygen atoms in total. The molecule has 1 spiro atoms. The Morgan fingerprint density at radius 2 is 2.11 bits per heavy atom. The molecule has 2 aliphatic heterocycles. The van der Waals surface area contributed by atoms with Crippen LogP contribution in [0.2, 0.25) is 5.15 Å². The lowest BCUT2D eigenvalue weighted by atomic mass is 9.85. The van der Waals surface area contributed by atoms with Gasteiger partial charge >= 0.3 is 0 Å². The summed E-state index contributed by atoms with van der Waals surface area (Å²) in [4.78, 5) is 4.04. The summed E-state index contributed by atoms with van der Waals surface area (Å²) in [7, 11) is 0. The third-order valence-electron chi connectivity index (χ3n) is 3.85.